The summed E-state index contributed by atoms with van der Waals surface area (Å²) in [4.78, 5) is 26.3. The number of carbonyl (C=O) groups is 2. The average molecular weight is 378 g/mol. The van der Waals surface area contributed by atoms with E-state index >= 15 is 0 Å². The predicted octanol–water partition coefficient (Wildman–Crippen LogP) is 4.42. The van der Waals surface area contributed by atoms with Gasteiger partial charge in [-0.2, -0.15) is 0 Å². The third-order valence-corrected chi connectivity index (χ3v) is 5.88. The number of carbonyl (C=O) groups excluding carboxylic acids is 2. The van der Waals surface area contributed by atoms with Crippen molar-refractivity contribution in [1.82, 2.24) is 0 Å². The molecule has 5 rings (SSSR count). The number of rotatable bonds is 6. The van der Waals surface area contributed by atoms with Crippen molar-refractivity contribution in [2.45, 2.75) is 38.5 Å². The molecule has 0 N–H and O–H groups in total. The van der Waals surface area contributed by atoms with E-state index in [1.54, 1.807) is 0 Å². The molecule has 0 fully saturated rings. The van der Waals surface area contributed by atoms with Crippen LogP contribution in [-0.4, -0.2) is 25.2 Å². The zero-order valence-corrected chi connectivity index (χ0v) is 16.4. The van der Waals surface area contributed by atoms with Crippen LogP contribution in [0, 0.1) is 11.8 Å². The normalized spacial score (nSPS) is 24.2. The molecule has 0 saturated carbocycles. The summed E-state index contributed by atoms with van der Waals surface area (Å²) in [7, 11) is 0. The minimum atomic E-state index is -0.550. The first kappa shape index (κ1) is 18.7. The SMILES string of the molecule is CCCOC(=O)[C@@H]1C2c3ccccc3C(c3ccccc32)[C@@H]1C(=O)OCCC. The van der Waals surface area contributed by atoms with Crippen LogP contribution in [0.4, 0.5) is 0 Å². The van der Waals surface area contributed by atoms with Crippen LogP contribution >= 0.6 is 0 Å². The molecule has 0 unspecified atom stereocenters. The molecule has 2 atom stereocenters. The number of benzene rings is 2. The Balaban J connectivity index is 1.86. The molecule has 3 aliphatic rings. The zero-order chi connectivity index (χ0) is 19.7. The fraction of sp³-hybridized carbons (Fsp3) is 0.417. The molecule has 2 aromatic rings. The van der Waals surface area contributed by atoms with Gasteiger partial charge in [0.2, 0.25) is 0 Å². The lowest BCUT2D eigenvalue weighted by Gasteiger charge is -2.48. The van der Waals surface area contributed by atoms with E-state index in [4.69, 9.17) is 9.47 Å². The van der Waals surface area contributed by atoms with Gasteiger partial charge in [0.15, 0.2) is 0 Å². The van der Waals surface area contributed by atoms with Gasteiger partial charge in [-0.05, 0) is 35.1 Å². The van der Waals surface area contributed by atoms with Crippen LogP contribution in [0.1, 0.15) is 60.8 Å². The standard InChI is InChI=1S/C24H26O4/c1-3-13-27-23(25)21-19-15-9-5-7-11-17(15)20(18-12-8-6-10-16(18)19)22(21)24(26)28-14-4-2/h5-12,19-22H,3-4,13-14H2,1-2H3/t19?,20?,21-,22+. The highest BCUT2D eigenvalue weighted by Gasteiger charge is 2.56. The number of hydrogen-bond donors (Lipinski definition) is 0. The minimum absolute atomic E-state index is 0.180. The maximum absolute atomic E-state index is 13.1. The number of ether oxygens (including phenoxy) is 2. The van der Waals surface area contributed by atoms with Crippen molar-refractivity contribution in [3.63, 3.8) is 0 Å². The van der Waals surface area contributed by atoms with Crippen LogP contribution in [0.15, 0.2) is 48.5 Å². The van der Waals surface area contributed by atoms with E-state index in [1.807, 2.05) is 38.1 Å². The molecular weight excluding hydrogens is 352 g/mol. The summed E-state index contributed by atoms with van der Waals surface area (Å²) >= 11 is 0. The van der Waals surface area contributed by atoms with Gasteiger partial charge in [0.05, 0.1) is 25.0 Å². The Morgan fingerprint density at radius 1 is 0.679 bits per heavy atom. The van der Waals surface area contributed by atoms with Gasteiger partial charge in [-0.3, -0.25) is 9.59 Å². The molecule has 0 heterocycles. The van der Waals surface area contributed by atoms with Crippen LogP contribution in [0.5, 0.6) is 0 Å². The van der Waals surface area contributed by atoms with Crippen molar-refractivity contribution in [1.29, 1.82) is 0 Å². The first-order valence-corrected chi connectivity index (χ1v) is 10.2. The summed E-state index contributed by atoms with van der Waals surface area (Å²) in [5.41, 5.74) is 4.52. The number of fused-ring (bicyclic) bond motifs is 1. The number of esters is 2. The lowest BCUT2D eigenvalue weighted by Crippen LogP contribution is -2.48. The second-order valence-corrected chi connectivity index (χ2v) is 7.60. The van der Waals surface area contributed by atoms with E-state index < -0.39 is 11.8 Å². The highest BCUT2D eigenvalue weighted by molar-refractivity contribution is 5.88. The van der Waals surface area contributed by atoms with E-state index in [1.165, 1.54) is 0 Å². The second-order valence-electron chi connectivity index (χ2n) is 7.60. The molecule has 4 heteroatoms. The highest BCUT2D eigenvalue weighted by atomic mass is 16.5. The Morgan fingerprint density at radius 2 is 1.00 bits per heavy atom. The highest BCUT2D eigenvalue weighted by Crippen LogP contribution is 2.58. The average Bonchev–Trinajstić information content (AvgIpc) is 2.75. The molecule has 0 saturated heterocycles. The van der Waals surface area contributed by atoms with Gasteiger partial charge in [0, 0.05) is 11.8 Å². The minimum Gasteiger partial charge on any atom is -0.465 e. The Bertz CT molecular complexity index is 768. The first-order chi connectivity index (χ1) is 13.7. The summed E-state index contributed by atoms with van der Waals surface area (Å²) in [5.74, 6) is -2.04. The van der Waals surface area contributed by atoms with Gasteiger partial charge in [0.1, 0.15) is 0 Å². The smallest absolute Gasteiger partial charge is 0.310 e. The topological polar surface area (TPSA) is 52.6 Å². The fourth-order valence-corrected chi connectivity index (χ4v) is 4.84. The van der Waals surface area contributed by atoms with Crippen LogP contribution in [0.25, 0.3) is 0 Å². The quantitative estimate of drug-likeness (QED) is 0.699. The Labute approximate surface area is 165 Å². The van der Waals surface area contributed by atoms with Gasteiger partial charge in [-0.1, -0.05) is 62.4 Å². The third-order valence-electron chi connectivity index (χ3n) is 5.88. The molecule has 0 amide bonds. The molecule has 4 nitrogen and oxygen atoms in total. The summed E-state index contributed by atoms with van der Waals surface area (Å²) in [6.45, 7) is 4.68. The van der Waals surface area contributed by atoms with Crippen molar-refractivity contribution in [2.75, 3.05) is 13.2 Å². The van der Waals surface area contributed by atoms with E-state index in [2.05, 4.69) is 24.3 Å². The monoisotopic (exact) mass is 378 g/mol. The largest absolute Gasteiger partial charge is 0.465 e. The molecule has 2 bridgehead atoms. The van der Waals surface area contributed by atoms with Gasteiger partial charge in [0.25, 0.3) is 0 Å². The number of hydrogen-bond acceptors (Lipinski definition) is 4. The maximum atomic E-state index is 13.1. The molecular formula is C24H26O4. The van der Waals surface area contributed by atoms with Gasteiger partial charge in [-0.25, -0.2) is 0 Å². The molecule has 0 spiro atoms. The molecule has 2 aromatic carbocycles. The molecule has 28 heavy (non-hydrogen) atoms. The van der Waals surface area contributed by atoms with Crippen LogP contribution < -0.4 is 0 Å². The predicted molar refractivity (Wildman–Crippen MR) is 106 cm³/mol. The summed E-state index contributed by atoms with van der Waals surface area (Å²) < 4.78 is 11.1. The fourth-order valence-electron chi connectivity index (χ4n) is 4.84. The van der Waals surface area contributed by atoms with Crippen LogP contribution in [0.2, 0.25) is 0 Å². The molecule has 3 aliphatic carbocycles. The Kier molecular flexibility index (Phi) is 5.21. The van der Waals surface area contributed by atoms with E-state index in [9.17, 15) is 9.59 Å². The second kappa shape index (κ2) is 7.78. The lowest BCUT2D eigenvalue weighted by atomic mass is 9.54. The summed E-state index contributed by atoms with van der Waals surface area (Å²) in [6, 6.07) is 16.3. The Morgan fingerprint density at radius 3 is 1.29 bits per heavy atom. The van der Waals surface area contributed by atoms with Crippen molar-refractivity contribution in [3.05, 3.63) is 70.8 Å². The molecule has 0 aliphatic heterocycles. The van der Waals surface area contributed by atoms with Crippen LogP contribution in [-0.2, 0) is 19.1 Å². The van der Waals surface area contributed by atoms with Crippen molar-refractivity contribution >= 4 is 11.9 Å². The van der Waals surface area contributed by atoms with Crippen LogP contribution in [0.3, 0.4) is 0 Å². The van der Waals surface area contributed by atoms with E-state index in [-0.39, 0.29) is 23.8 Å². The summed E-state index contributed by atoms with van der Waals surface area (Å²) in [5, 5.41) is 0. The van der Waals surface area contributed by atoms with Gasteiger partial charge >= 0.3 is 11.9 Å². The Hall–Kier alpha value is -2.62. The van der Waals surface area contributed by atoms with Gasteiger partial charge in [-0.15, -0.1) is 0 Å². The third kappa shape index (κ3) is 2.92. The molecule has 0 radical (unpaired) electrons. The zero-order valence-electron chi connectivity index (χ0n) is 16.4. The van der Waals surface area contributed by atoms with Gasteiger partial charge < -0.3 is 9.47 Å². The first-order valence-electron chi connectivity index (χ1n) is 10.2. The van der Waals surface area contributed by atoms with E-state index in [0.29, 0.717) is 13.2 Å². The lowest BCUT2D eigenvalue weighted by molar-refractivity contribution is -0.163. The van der Waals surface area contributed by atoms with Crippen molar-refractivity contribution in [3.8, 4) is 0 Å². The molecule has 0 aromatic heterocycles. The van der Waals surface area contributed by atoms with Crippen molar-refractivity contribution in [2.24, 2.45) is 11.8 Å². The van der Waals surface area contributed by atoms with Crippen molar-refractivity contribution < 1.29 is 19.1 Å². The van der Waals surface area contributed by atoms with E-state index in [0.717, 1.165) is 35.1 Å². The maximum Gasteiger partial charge on any atom is 0.310 e. The molecule has 146 valence electrons. The summed E-state index contributed by atoms with van der Waals surface area (Å²) in [6.07, 6.45) is 1.51.